The summed E-state index contributed by atoms with van der Waals surface area (Å²) >= 11 is 0. The van der Waals surface area contributed by atoms with E-state index in [4.69, 9.17) is 4.74 Å². The second-order valence-electron chi connectivity index (χ2n) is 11.6. The highest BCUT2D eigenvalue weighted by atomic mass is 32.2. The summed E-state index contributed by atoms with van der Waals surface area (Å²) in [5.74, 6) is 0.169. The van der Waals surface area contributed by atoms with Gasteiger partial charge in [-0.15, -0.1) is 0 Å². The van der Waals surface area contributed by atoms with Crippen molar-refractivity contribution in [1.29, 1.82) is 5.26 Å². The van der Waals surface area contributed by atoms with Crippen molar-refractivity contribution in [2.75, 3.05) is 53.4 Å². The fourth-order valence-corrected chi connectivity index (χ4v) is 7.87. The number of carbonyl (C=O) groups is 1. The quantitative estimate of drug-likeness (QED) is 0.307. The number of rotatable bonds is 7. The first-order valence-electron chi connectivity index (χ1n) is 15.1. The van der Waals surface area contributed by atoms with Crippen LogP contribution in [0, 0.1) is 11.3 Å². The molecule has 4 aromatic rings. The van der Waals surface area contributed by atoms with Gasteiger partial charge in [0.2, 0.25) is 0 Å². The van der Waals surface area contributed by atoms with Gasteiger partial charge in [0.25, 0.3) is 15.9 Å². The number of amides is 1. The Bertz CT molecular complexity index is 1900. The number of hydrogen-bond donors (Lipinski definition) is 0. The maximum absolute atomic E-state index is 14.5. The van der Waals surface area contributed by atoms with Crippen LogP contribution in [0.1, 0.15) is 30.0 Å². The highest BCUT2D eigenvalue weighted by Crippen LogP contribution is 2.29. The van der Waals surface area contributed by atoms with Gasteiger partial charge in [0.1, 0.15) is 11.8 Å². The van der Waals surface area contributed by atoms with Crippen LogP contribution in [0.4, 0.5) is 0 Å². The zero-order valence-electron chi connectivity index (χ0n) is 25.4. The Balaban J connectivity index is 1.44. The van der Waals surface area contributed by atoms with Crippen LogP contribution >= 0.6 is 0 Å². The molecule has 2 saturated heterocycles. The molecule has 1 unspecified atom stereocenters. The van der Waals surface area contributed by atoms with Crippen molar-refractivity contribution in [2.24, 2.45) is 0 Å². The molecule has 45 heavy (non-hydrogen) atoms. The second kappa shape index (κ2) is 12.5. The normalized spacial score (nSPS) is 17.7. The van der Waals surface area contributed by atoms with Crippen molar-refractivity contribution in [3.8, 4) is 11.8 Å². The van der Waals surface area contributed by atoms with Gasteiger partial charge in [0.05, 0.1) is 34.7 Å². The number of fused-ring (bicyclic) bond motifs is 1. The van der Waals surface area contributed by atoms with E-state index in [2.05, 4.69) is 22.9 Å². The first-order valence-corrected chi connectivity index (χ1v) is 16.5. The lowest BCUT2D eigenvalue weighted by atomic mass is 10.0. The molecule has 11 nitrogen and oxygen atoms in total. The average Bonchev–Trinajstić information content (AvgIpc) is 3.37. The third-order valence-corrected chi connectivity index (χ3v) is 10.7. The number of imidazole rings is 1. The Hall–Kier alpha value is -4.44. The summed E-state index contributed by atoms with van der Waals surface area (Å²) in [6.45, 7) is 4.55. The van der Waals surface area contributed by atoms with Gasteiger partial charge >= 0.3 is 5.69 Å². The van der Waals surface area contributed by atoms with Gasteiger partial charge in [-0.05, 0) is 81.0 Å². The summed E-state index contributed by atoms with van der Waals surface area (Å²) in [6.07, 6.45) is 2.19. The number of piperidine rings is 1. The monoisotopic (exact) mass is 628 g/mol. The van der Waals surface area contributed by atoms with Gasteiger partial charge in [0, 0.05) is 32.2 Å². The van der Waals surface area contributed by atoms with E-state index in [9.17, 15) is 23.3 Å². The zero-order chi connectivity index (χ0) is 31.7. The van der Waals surface area contributed by atoms with E-state index in [1.54, 1.807) is 29.2 Å². The maximum Gasteiger partial charge on any atom is 0.344 e. The van der Waals surface area contributed by atoms with Crippen LogP contribution in [-0.2, 0) is 14.8 Å². The highest BCUT2D eigenvalue weighted by Gasteiger charge is 2.36. The number of carbonyl (C=O) groups excluding carboxylic acids is 1. The second-order valence-corrected chi connectivity index (χ2v) is 13.4. The third kappa shape index (κ3) is 5.75. The van der Waals surface area contributed by atoms with Crippen molar-refractivity contribution < 1.29 is 17.9 Å². The smallest absolute Gasteiger partial charge is 0.344 e. The Kier molecular flexibility index (Phi) is 8.50. The van der Waals surface area contributed by atoms with Crippen LogP contribution in [-0.4, -0.2) is 97.0 Å². The van der Waals surface area contributed by atoms with Crippen LogP contribution in [0.3, 0.4) is 0 Å². The molecule has 2 aliphatic heterocycles. The molecule has 2 aliphatic rings. The summed E-state index contributed by atoms with van der Waals surface area (Å²) in [7, 11) is -0.788. The van der Waals surface area contributed by atoms with Gasteiger partial charge in [-0.2, -0.15) is 9.23 Å². The van der Waals surface area contributed by atoms with Gasteiger partial charge in [0.15, 0.2) is 0 Å². The molecule has 234 valence electrons. The molecule has 6 rings (SSSR count). The lowest BCUT2D eigenvalue weighted by molar-refractivity contribution is -0.135. The summed E-state index contributed by atoms with van der Waals surface area (Å²) in [4.78, 5) is 35.3. The van der Waals surface area contributed by atoms with Crippen LogP contribution < -0.4 is 10.4 Å². The van der Waals surface area contributed by atoms with Crippen molar-refractivity contribution >= 4 is 27.0 Å². The predicted octanol–water partition coefficient (Wildman–Crippen LogP) is 2.75. The molecule has 12 heteroatoms. The molecule has 1 atom stereocenters. The highest BCUT2D eigenvalue weighted by molar-refractivity contribution is 7.90. The molecule has 0 spiro atoms. The van der Waals surface area contributed by atoms with Crippen LogP contribution in [0.2, 0.25) is 0 Å². The third-order valence-electron chi connectivity index (χ3n) is 9.00. The Labute approximate surface area is 262 Å². The number of methoxy groups -OCH3 is 1. The molecular weight excluding hydrogens is 592 g/mol. The number of hydrogen-bond acceptors (Lipinski definition) is 8. The fraction of sp³-hybridized carbons (Fsp3) is 0.364. The number of nitriles is 1. The molecule has 1 aromatic heterocycles. The van der Waals surface area contributed by atoms with Gasteiger partial charge in [-0.3, -0.25) is 14.3 Å². The molecule has 3 heterocycles. The summed E-state index contributed by atoms with van der Waals surface area (Å²) in [5.41, 5.74) is 0.161. The van der Waals surface area contributed by atoms with Crippen molar-refractivity contribution in [3.05, 3.63) is 94.4 Å². The van der Waals surface area contributed by atoms with Crippen molar-refractivity contribution in [2.45, 2.75) is 29.8 Å². The Morgan fingerprint density at radius 2 is 1.58 bits per heavy atom. The number of benzene rings is 3. The Morgan fingerprint density at radius 3 is 2.20 bits per heavy atom. The maximum atomic E-state index is 14.5. The fourth-order valence-electron chi connectivity index (χ4n) is 6.47. The molecule has 0 radical (unpaired) electrons. The molecule has 0 saturated carbocycles. The van der Waals surface area contributed by atoms with E-state index in [-0.39, 0.29) is 27.4 Å². The molecular formula is C33H36N6O5S. The van der Waals surface area contributed by atoms with E-state index in [0.717, 1.165) is 43.0 Å². The van der Waals surface area contributed by atoms with Crippen molar-refractivity contribution in [1.82, 2.24) is 23.2 Å². The van der Waals surface area contributed by atoms with E-state index in [1.165, 1.54) is 54.1 Å². The molecule has 0 aliphatic carbocycles. The SMILES string of the molecule is COc1ccc(S(=O)(=O)n2c(=O)n(C(C(=O)N3CCN(C4CCN(C)CC4)CC3)c3ccccc3)c3cc(C#N)ccc32)cc1. The Morgan fingerprint density at radius 1 is 0.911 bits per heavy atom. The summed E-state index contributed by atoms with van der Waals surface area (Å²) < 4.78 is 35.2. The summed E-state index contributed by atoms with van der Waals surface area (Å²) in [5, 5.41) is 9.71. The summed E-state index contributed by atoms with van der Waals surface area (Å²) in [6, 6.07) is 20.5. The minimum Gasteiger partial charge on any atom is -0.497 e. The molecule has 1 amide bonds. The molecule has 0 bridgehead atoms. The average molecular weight is 629 g/mol. The first-order chi connectivity index (χ1) is 21.7. The number of piperazine rings is 1. The van der Waals surface area contributed by atoms with E-state index < -0.39 is 21.8 Å². The lowest BCUT2D eigenvalue weighted by Crippen LogP contribution is -2.55. The van der Waals surface area contributed by atoms with Gasteiger partial charge in [-0.1, -0.05) is 30.3 Å². The van der Waals surface area contributed by atoms with Gasteiger partial charge < -0.3 is 14.5 Å². The van der Waals surface area contributed by atoms with Crippen LogP contribution in [0.5, 0.6) is 5.75 Å². The van der Waals surface area contributed by atoms with E-state index in [1.807, 2.05) is 6.07 Å². The lowest BCUT2D eigenvalue weighted by Gasteiger charge is -2.42. The number of aromatic nitrogens is 2. The molecule has 2 fully saturated rings. The number of likely N-dealkylation sites (tertiary alicyclic amines) is 1. The standard InChI is InChI=1S/C33H36N6O5S/c1-35-16-14-26(15-17-35)36-18-20-37(21-19-36)32(40)31(25-6-4-3-5-7-25)38-30-22-24(23-34)8-13-29(30)39(33(38)41)45(42,43)28-11-9-27(44-2)10-12-28/h3-13,22,26,31H,14-21H2,1-2H3. The minimum atomic E-state index is -4.40. The van der Waals surface area contributed by atoms with Crippen LogP contribution in [0.25, 0.3) is 11.0 Å². The largest absolute Gasteiger partial charge is 0.497 e. The van der Waals surface area contributed by atoms with E-state index in [0.29, 0.717) is 30.4 Å². The molecule has 0 N–H and O–H groups in total. The predicted molar refractivity (Wildman–Crippen MR) is 170 cm³/mol. The van der Waals surface area contributed by atoms with Crippen LogP contribution in [0.15, 0.2) is 82.5 Å². The first kappa shape index (κ1) is 30.6. The minimum absolute atomic E-state index is 0.0793. The molecule has 3 aromatic carbocycles. The number of ether oxygens (including phenoxy) is 1. The zero-order valence-corrected chi connectivity index (χ0v) is 26.2. The topological polar surface area (TPSA) is 121 Å². The van der Waals surface area contributed by atoms with Gasteiger partial charge in [-0.25, -0.2) is 13.2 Å². The van der Waals surface area contributed by atoms with E-state index >= 15 is 0 Å². The van der Waals surface area contributed by atoms with Crippen molar-refractivity contribution in [3.63, 3.8) is 0 Å². The number of nitrogens with zero attached hydrogens (tertiary/aromatic N) is 6.